The van der Waals surface area contributed by atoms with Gasteiger partial charge in [0.1, 0.15) is 11.3 Å². The molecule has 4 nitrogen and oxygen atoms in total. The molecule has 8 aromatic rings. The molecule has 3 heterocycles. The van der Waals surface area contributed by atoms with E-state index in [1.807, 2.05) is 60.7 Å². The zero-order valence-electron chi connectivity index (χ0n) is 22.1. The lowest BCUT2D eigenvalue weighted by Gasteiger charge is -2.17. The molecule has 0 spiro atoms. The fourth-order valence-electron chi connectivity index (χ4n) is 5.67. The van der Waals surface area contributed by atoms with Gasteiger partial charge in [-0.05, 0) is 29.7 Å². The maximum atomic E-state index is 5.48. The van der Waals surface area contributed by atoms with Crippen LogP contribution in [0.1, 0.15) is 0 Å². The molecule has 41 heavy (non-hydrogen) atoms. The van der Waals surface area contributed by atoms with Gasteiger partial charge in [0.05, 0.1) is 33.6 Å². The van der Waals surface area contributed by atoms with Crippen LogP contribution in [0.4, 0.5) is 0 Å². The highest BCUT2D eigenvalue weighted by Gasteiger charge is 2.23. The SMILES string of the molecule is c1ccc(-c2nc(-c3ccccc3)c(-c3cc4ccccc4n4c3nc3ccccc34)nc2-c2ccccc2)cc1. The van der Waals surface area contributed by atoms with Gasteiger partial charge in [-0.15, -0.1) is 0 Å². The minimum atomic E-state index is 0.806. The highest BCUT2D eigenvalue weighted by atomic mass is 15.0. The summed E-state index contributed by atoms with van der Waals surface area (Å²) in [5.41, 5.74) is 11.3. The second-order valence-corrected chi connectivity index (χ2v) is 10.1. The fourth-order valence-corrected chi connectivity index (χ4v) is 5.67. The van der Waals surface area contributed by atoms with E-state index in [9.17, 15) is 0 Å². The van der Waals surface area contributed by atoms with Gasteiger partial charge in [-0.3, -0.25) is 4.40 Å². The first-order chi connectivity index (χ1) is 20.3. The van der Waals surface area contributed by atoms with Crippen LogP contribution in [0.25, 0.3) is 72.6 Å². The van der Waals surface area contributed by atoms with Gasteiger partial charge in [0, 0.05) is 22.3 Å². The van der Waals surface area contributed by atoms with E-state index in [-0.39, 0.29) is 0 Å². The fraction of sp³-hybridized carbons (Fsp3) is 0. The summed E-state index contributed by atoms with van der Waals surface area (Å²) in [5, 5.41) is 1.12. The first-order valence-corrected chi connectivity index (χ1v) is 13.7. The molecule has 0 saturated carbocycles. The number of aromatic nitrogens is 4. The molecule has 192 valence electrons. The summed E-state index contributed by atoms with van der Waals surface area (Å²) in [6.45, 7) is 0. The van der Waals surface area contributed by atoms with Crippen LogP contribution < -0.4 is 0 Å². The molecular weight excluding hydrogens is 500 g/mol. The highest BCUT2D eigenvalue weighted by molar-refractivity contribution is 6.00. The lowest BCUT2D eigenvalue weighted by molar-refractivity contribution is 1.21. The third kappa shape index (κ3) is 3.88. The molecule has 0 aliphatic heterocycles. The number of rotatable bonds is 4. The largest absolute Gasteiger partial charge is 0.292 e. The number of imidazole rings is 1. The van der Waals surface area contributed by atoms with Gasteiger partial charge < -0.3 is 0 Å². The van der Waals surface area contributed by atoms with E-state index in [4.69, 9.17) is 15.0 Å². The molecule has 0 saturated heterocycles. The van der Waals surface area contributed by atoms with E-state index in [1.165, 1.54) is 0 Å². The number of fused-ring (bicyclic) bond motifs is 5. The molecule has 0 unspecified atom stereocenters. The summed E-state index contributed by atoms with van der Waals surface area (Å²) in [6, 6.07) is 49.9. The van der Waals surface area contributed by atoms with Gasteiger partial charge in [0.25, 0.3) is 0 Å². The third-order valence-corrected chi connectivity index (χ3v) is 7.57. The van der Waals surface area contributed by atoms with Gasteiger partial charge in [0.15, 0.2) is 0 Å². The van der Waals surface area contributed by atoms with Crippen molar-refractivity contribution in [2.75, 3.05) is 0 Å². The Hall–Kier alpha value is -5.61. The maximum Gasteiger partial charge on any atom is 0.148 e. The summed E-state index contributed by atoms with van der Waals surface area (Å²) in [7, 11) is 0. The first kappa shape index (κ1) is 23.3. The van der Waals surface area contributed by atoms with E-state index < -0.39 is 0 Å². The Morgan fingerprint density at radius 2 is 0.854 bits per heavy atom. The monoisotopic (exact) mass is 524 g/mol. The Balaban J connectivity index is 1.54. The average molecular weight is 525 g/mol. The summed E-state index contributed by atoms with van der Waals surface area (Å²) >= 11 is 0. The molecule has 3 aromatic heterocycles. The van der Waals surface area contributed by atoms with Gasteiger partial charge in [0.2, 0.25) is 0 Å². The smallest absolute Gasteiger partial charge is 0.148 e. The Morgan fingerprint density at radius 1 is 0.390 bits per heavy atom. The van der Waals surface area contributed by atoms with E-state index in [0.717, 1.165) is 72.6 Å². The number of pyridine rings is 1. The van der Waals surface area contributed by atoms with Crippen molar-refractivity contribution in [1.82, 2.24) is 19.4 Å². The van der Waals surface area contributed by atoms with Crippen LogP contribution in [0.5, 0.6) is 0 Å². The predicted molar refractivity (Wildman–Crippen MR) is 168 cm³/mol. The molecular formula is C37H24N4. The first-order valence-electron chi connectivity index (χ1n) is 13.7. The number of hydrogen-bond donors (Lipinski definition) is 0. The summed E-state index contributed by atoms with van der Waals surface area (Å²) in [4.78, 5) is 16.0. The molecule has 0 fully saturated rings. The quantitative estimate of drug-likeness (QED) is 0.231. The van der Waals surface area contributed by atoms with Crippen molar-refractivity contribution in [3.8, 4) is 45.0 Å². The van der Waals surface area contributed by atoms with Crippen LogP contribution >= 0.6 is 0 Å². The zero-order chi connectivity index (χ0) is 27.2. The Bertz CT molecular complexity index is 2180. The highest BCUT2D eigenvalue weighted by Crippen LogP contribution is 2.40. The predicted octanol–water partition coefficient (Wildman–Crippen LogP) is 9.10. The van der Waals surface area contributed by atoms with E-state index in [0.29, 0.717) is 0 Å². The van der Waals surface area contributed by atoms with Gasteiger partial charge >= 0.3 is 0 Å². The van der Waals surface area contributed by atoms with Crippen LogP contribution in [0, 0.1) is 0 Å². The maximum absolute atomic E-state index is 5.48. The molecule has 4 heteroatoms. The topological polar surface area (TPSA) is 43.1 Å². The van der Waals surface area contributed by atoms with Crippen molar-refractivity contribution in [3.05, 3.63) is 146 Å². The second-order valence-electron chi connectivity index (χ2n) is 10.1. The minimum Gasteiger partial charge on any atom is -0.292 e. The van der Waals surface area contributed by atoms with Crippen molar-refractivity contribution in [3.63, 3.8) is 0 Å². The molecule has 0 bridgehead atoms. The Kier molecular flexibility index (Phi) is 5.42. The molecule has 8 rings (SSSR count). The van der Waals surface area contributed by atoms with E-state index >= 15 is 0 Å². The molecule has 0 amide bonds. The summed E-state index contributed by atoms with van der Waals surface area (Å²) in [5.74, 6) is 0. The third-order valence-electron chi connectivity index (χ3n) is 7.57. The number of benzene rings is 5. The van der Waals surface area contributed by atoms with Gasteiger partial charge in [-0.2, -0.15) is 0 Å². The molecule has 0 N–H and O–H groups in total. The minimum absolute atomic E-state index is 0.806. The molecule has 0 aliphatic rings. The number of nitrogens with zero attached hydrogens (tertiary/aromatic N) is 4. The van der Waals surface area contributed by atoms with Crippen LogP contribution in [-0.4, -0.2) is 19.4 Å². The van der Waals surface area contributed by atoms with Crippen LogP contribution in [-0.2, 0) is 0 Å². The normalized spacial score (nSPS) is 11.4. The average Bonchev–Trinajstić information content (AvgIpc) is 3.45. The summed E-state index contributed by atoms with van der Waals surface area (Å²) in [6.07, 6.45) is 0. The van der Waals surface area contributed by atoms with Crippen molar-refractivity contribution in [2.45, 2.75) is 0 Å². The Morgan fingerprint density at radius 3 is 1.46 bits per heavy atom. The van der Waals surface area contributed by atoms with Crippen molar-refractivity contribution in [2.24, 2.45) is 0 Å². The van der Waals surface area contributed by atoms with Gasteiger partial charge in [-0.1, -0.05) is 121 Å². The molecule has 0 atom stereocenters. The van der Waals surface area contributed by atoms with Gasteiger partial charge in [-0.25, -0.2) is 15.0 Å². The van der Waals surface area contributed by atoms with Crippen molar-refractivity contribution < 1.29 is 0 Å². The second kappa shape index (κ2) is 9.54. The lowest BCUT2D eigenvalue weighted by Crippen LogP contribution is -2.02. The van der Waals surface area contributed by atoms with Crippen LogP contribution in [0.15, 0.2) is 146 Å². The van der Waals surface area contributed by atoms with Crippen molar-refractivity contribution >= 4 is 27.6 Å². The molecule has 5 aromatic carbocycles. The van der Waals surface area contributed by atoms with E-state index in [1.54, 1.807) is 0 Å². The van der Waals surface area contributed by atoms with Crippen molar-refractivity contribution in [1.29, 1.82) is 0 Å². The zero-order valence-corrected chi connectivity index (χ0v) is 22.1. The Labute approximate surface area is 237 Å². The van der Waals surface area contributed by atoms with Crippen LogP contribution in [0.2, 0.25) is 0 Å². The lowest BCUT2D eigenvalue weighted by atomic mass is 9.99. The standard InChI is InChI=1S/C37H24N4/c1-4-14-25(15-5-1)33-34(26-16-6-2-7-17-26)40-36(35(39-33)27-18-8-3-9-19-27)29-24-28-20-10-12-22-31(28)41-32-23-13-11-21-30(32)38-37(29)41/h1-24H. The number of hydrogen-bond acceptors (Lipinski definition) is 3. The van der Waals surface area contributed by atoms with Crippen LogP contribution in [0.3, 0.4) is 0 Å². The molecule has 0 radical (unpaired) electrons. The molecule has 0 aliphatic carbocycles. The van der Waals surface area contributed by atoms with E-state index in [2.05, 4.69) is 89.3 Å². The summed E-state index contributed by atoms with van der Waals surface area (Å²) < 4.78 is 2.25. The number of para-hydroxylation sites is 3.